The molecule has 0 heterocycles. The summed E-state index contributed by atoms with van der Waals surface area (Å²) in [5.41, 5.74) is 3.76. The second-order valence-electron chi connectivity index (χ2n) is 4.31. The van der Waals surface area contributed by atoms with Crippen LogP contribution in [0.1, 0.15) is 37.0 Å². The van der Waals surface area contributed by atoms with E-state index in [0.717, 1.165) is 17.9 Å². The van der Waals surface area contributed by atoms with E-state index >= 15 is 0 Å². The van der Waals surface area contributed by atoms with Gasteiger partial charge in [0.25, 0.3) is 0 Å². The molecule has 0 bridgehead atoms. The van der Waals surface area contributed by atoms with E-state index in [1.807, 2.05) is 6.07 Å². The van der Waals surface area contributed by atoms with Crippen LogP contribution in [0, 0.1) is 31.6 Å². The van der Waals surface area contributed by atoms with Crippen LogP contribution in [0.2, 0.25) is 5.02 Å². The van der Waals surface area contributed by atoms with Crippen LogP contribution in [0.25, 0.3) is 0 Å². The summed E-state index contributed by atoms with van der Waals surface area (Å²) in [6.45, 7) is 8.43. The molecule has 0 saturated carbocycles. The van der Waals surface area contributed by atoms with Gasteiger partial charge in [0.15, 0.2) is 0 Å². The van der Waals surface area contributed by atoms with Gasteiger partial charge in [-0.15, -0.1) is 5.92 Å². The molecule has 0 N–H and O–H groups in total. The summed E-state index contributed by atoms with van der Waals surface area (Å²) < 4.78 is 0. The Morgan fingerprint density at radius 1 is 1.25 bits per heavy atom. The summed E-state index contributed by atoms with van der Waals surface area (Å²) in [6, 6.07) is 4.23. The molecule has 0 fully saturated rings. The number of aryl methyl sites for hydroxylation is 2. The molecule has 16 heavy (non-hydrogen) atoms. The summed E-state index contributed by atoms with van der Waals surface area (Å²) in [5.74, 6) is 6.73. The quantitative estimate of drug-likeness (QED) is 0.659. The summed E-state index contributed by atoms with van der Waals surface area (Å²) in [4.78, 5) is 0. The van der Waals surface area contributed by atoms with E-state index in [1.54, 1.807) is 0 Å². The van der Waals surface area contributed by atoms with Crippen molar-refractivity contribution in [3.8, 4) is 11.8 Å². The van der Waals surface area contributed by atoms with Crippen LogP contribution in [0.3, 0.4) is 0 Å². The van der Waals surface area contributed by atoms with Crippen molar-refractivity contribution in [1.82, 2.24) is 0 Å². The standard InChI is InChI=1S/C15H19Cl/c1-5-6-7-11(2)8-14-9-12(3)13(4)10-15(14)16/h9-11H,5,8H2,1-4H3. The van der Waals surface area contributed by atoms with E-state index in [9.17, 15) is 0 Å². The lowest BCUT2D eigenvalue weighted by atomic mass is 9.98. The highest BCUT2D eigenvalue weighted by atomic mass is 35.5. The van der Waals surface area contributed by atoms with E-state index in [2.05, 4.69) is 45.6 Å². The molecule has 0 saturated heterocycles. The summed E-state index contributed by atoms with van der Waals surface area (Å²) in [7, 11) is 0. The van der Waals surface area contributed by atoms with E-state index in [1.165, 1.54) is 16.7 Å². The zero-order valence-electron chi connectivity index (χ0n) is 10.5. The Kier molecular flexibility index (Phi) is 4.90. The fourth-order valence-corrected chi connectivity index (χ4v) is 1.95. The molecule has 0 nitrogen and oxygen atoms in total. The van der Waals surface area contributed by atoms with Crippen LogP contribution in [0.15, 0.2) is 12.1 Å². The third-order valence-electron chi connectivity index (χ3n) is 2.71. The molecule has 1 unspecified atom stereocenters. The van der Waals surface area contributed by atoms with Gasteiger partial charge >= 0.3 is 0 Å². The number of hydrogen-bond acceptors (Lipinski definition) is 0. The van der Waals surface area contributed by atoms with Crippen LogP contribution in [-0.4, -0.2) is 0 Å². The van der Waals surface area contributed by atoms with Gasteiger partial charge in [0.05, 0.1) is 0 Å². The molecule has 86 valence electrons. The van der Waals surface area contributed by atoms with E-state index in [0.29, 0.717) is 5.92 Å². The van der Waals surface area contributed by atoms with Gasteiger partial charge in [-0.1, -0.05) is 37.4 Å². The van der Waals surface area contributed by atoms with Gasteiger partial charge in [-0.25, -0.2) is 0 Å². The largest absolute Gasteiger partial charge is 0.103 e. The van der Waals surface area contributed by atoms with Crippen LogP contribution in [-0.2, 0) is 6.42 Å². The van der Waals surface area contributed by atoms with Crippen molar-refractivity contribution in [2.75, 3.05) is 0 Å². The van der Waals surface area contributed by atoms with Gasteiger partial charge in [0, 0.05) is 17.4 Å². The minimum Gasteiger partial charge on any atom is -0.103 e. The Hall–Kier alpha value is -0.930. The molecule has 0 spiro atoms. The number of halogens is 1. The summed E-state index contributed by atoms with van der Waals surface area (Å²) in [5, 5.41) is 0.869. The van der Waals surface area contributed by atoms with Gasteiger partial charge in [0.1, 0.15) is 0 Å². The van der Waals surface area contributed by atoms with Crippen molar-refractivity contribution in [3.05, 3.63) is 33.8 Å². The zero-order chi connectivity index (χ0) is 12.1. The highest BCUT2D eigenvalue weighted by Gasteiger charge is 2.06. The first kappa shape index (κ1) is 13.1. The lowest BCUT2D eigenvalue weighted by molar-refractivity contribution is 0.748. The van der Waals surface area contributed by atoms with Crippen molar-refractivity contribution in [1.29, 1.82) is 0 Å². The first-order valence-electron chi connectivity index (χ1n) is 5.78. The average Bonchev–Trinajstić information content (AvgIpc) is 2.23. The molecule has 0 aromatic heterocycles. The highest BCUT2D eigenvalue weighted by Crippen LogP contribution is 2.23. The molecule has 1 heteroatoms. The first-order valence-corrected chi connectivity index (χ1v) is 6.16. The Morgan fingerprint density at radius 3 is 2.50 bits per heavy atom. The fourth-order valence-electron chi connectivity index (χ4n) is 1.65. The molecule has 0 amide bonds. The molecule has 0 aliphatic heterocycles. The van der Waals surface area contributed by atoms with Crippen molar-refractivity contribution in [2.24, 2.45) is 5.92 Å². The number of rotatable bonds is 2. The third kappa shape index (κ3) is 3.58. The van der Waals surface area contributed by atoms with Crippen LogP contribution >= 0.6 is 11.6 Å². The average molecular weight is 235 g/mol. The monoisotopic (exact) mass is 234 g/mol. The minimum absolute atomic E-state index is 0.375. The highest BCUT2D eigenvalue weighted by molar-refractivity contribution is 6.31. The maximum absolute atomic E-state index is 6.23. The van der Waals surface area contributed by atoms with Gasteiger partial charge in [-0.3, -0.25) is 0 Å². The Balaban J connectivity index is 2.85. The number of hydrogen-bond donors (Lipinski definition) is 0. The molecule has 1 atom stereocenters. The Bertz CT molecular complexity index is 421. The molecule has 1 aromatic rings. The molecule has 0 aliphatic rings. The maximum atomic E-state index is 6.23. The molecular weight excluding hydrogens is 216 g/mol. The van der Waals surface area contributed by atoms with Gasteiger partial charge in [0.2, 0.25) is 0 Å². The second kappa shape index (κ2) is 5.97. The molecule has 1 rings (SSSR count). The SMILES string of the molecule is CCC#CC(C)Cc1cc(C)c(C)cc1Cl. The predicted octanol–water partition coefficient (Wildman–Crippen LogP) is 4.55. The Labute approximate surface area is 104 Å². The van der Waals surface area contributed by atoms with Crippen LogP contribution in [0.4, 0.5) is 0 Å². The smallest absolute Gasteiger partial charge is 0.0441 e. The van der Waals surface area contributed by atoms with Crippen molar-refractivity contribution in [2.45, 2.75) is 40.5 Å². The van der Waals surface area contributed by atoms with Crippen molar-refractivity contribution >= 4 is 11.6 Å². The topological polar surface area (TPSA) is 0 Å². The van der Waals surface area contributed by atoms with E-state index in [4.69, 9.17) is 11.6 Å². The fraction of sp³-hybridized carbons (Fsp3) is 0.467. The third-order valence-corrected chi connectivity index (χ3v) is 3.07. The van der Waals surface area contributed by atoms with Gasteiger partial charge in [-0.05, 0) is 43.0 Å². The van der Waals surface area contributed by atoms with E-state index in [-0.39, 0.29) is 0 Å². The zero-order valence-corrected chi connectivity index (χ0v) is 11.3. The molecule has 0 radical (unpaired) electrons. The second-order valence-corrected chi connectivity index (χ2v) is 4.71. The van der Waals surface area contributed by atoms with Crippen molar-refractivity contribution in [3.63, 3.8) is 0 Å². The number of benzene rings is 1. The summed E-state index contributed by atoms with van der Waals surface area (Å²) >= 11 is 6.23. The lowest BCUT2D eigenvalue weighted by Crippen LogP contribution is -1.98. The molecule has 1 aromatic carbocycles. The molecular formula is C15H19Cl. The Morgan fingerprint density at radius 2 is 1.88 bits per heavy atom. The van der Waals surface area contributed by atoms with Gasteiger partial charge in [-0.2, -0.15) is 0 Å². The van der Waals surface area contributed by atoms with Gasteiger partial charge < -0.3 is 0 Å². The predicted molar refractivity (Wildman–Crippen MR) is 71.9 cm³/mol. The van der Waals surface area contributed by atoms with Crippen LogP contribution < -0.4 is 0 Å². The normalized spacial score (nSPS) is 11.8. The minimum atomic E-state index is 0.375. The van der Waals surface area contributed by atoms with Crippen LogP contribution in [0.5, 0.6) is 0 Å². The summed E-state index contributed by atoms with van der Waals surface area (Å²) in [6.07, 6.45) is 1.86. The van der Waals surface area contributed by atoms with Crippen molar-refractivity contribution < 1.29 is 0 Å². The lowest BCUT2D eigenvalue weighted by Gasteiger charge is -2.10. The molecule has 0 aliphatic carbocycles. The first-order chi connectivity index (χ1) is 7.54. The van der Waals surface area contributed by atoms with E-state index < -0.39 is 0 Å². The maximum Gasteiger partial charge on any atom is 0.0441 e.